The number of H-pyrrole nitrogens is 1. The van der Waals surface area contributed by atoms with Gasteiger partial charge in [-0.2, -0.15) is 5.10 Å². The number of nitrogens with zero attached hydrogens (tertiary/aromatic N) is 1. The summed E-state index contributed by atoms with van der Waals surface area (Å²) in [6, 6.07) is 0.406. The molecule has 0 spiro atoms. The molecule has 4 bridgehead atoms. The molecule has 4 fully saturated rings. The summed E-state index contributed by atoms with van der Waals surface area (Å²) in [6.07, 6.45) is 6.79. The molecule has 5 rings (SSSR count). The molecule has 4 aliphatic rings. The third kappa shape index (κ3) is 1.80. The second-order valence-corrected chi connectivity index (χ2v) is 7.24. The van der Waals surface area contributed by atoms with Gasteiger partial charge in [-0.25, -0.2) is 0 Å². The van der Waals surface area contributed by atoms with Crippen molar-refractivity contribution in [3.8, 4) is 0 Å². The van der Waals surface area contributed by atoms with Crippen molar-refractivity contribution in [2.24, 2.45) is 23.7 Å². The molecule has 0 aliphatic heterocycles. The molecule has 4 nitrogen and oxygen atoms in total. The van der Waals surface area contributed by atoms with Crippen molar-refractivity contribution >= 4 is 5.91 Å². The highest BCUT2D eigenvalue weighted by molar-refractivity contribution is 5.96. The van der Waals surface area contributed by atoms with Gasteiger partial charge in [-0.05, 0) is 69.6 Å². The number of nitrogens with one attached hydrogen (secondary N) is 2. The van der Waals surface area contributed by atoms with Crippen LogP contribution < -0.4 is 5.32 Å². The van der Waals surface area contributed by atoms with E-state index in [1.807, 2.05) is 13.8 Å². The highest BCUT2D eigenvalue weighted by Crippen LogP contribution is 2.53. The van der Waals surface area contributed by atoms with Crippen molar-refractivity contribution in [3.63, 3.8) is 0 Å². The van der Waals surface area contributed by atoms with Crippen molar-refractivity contribution in [1.29, 1.82) is 0 Å². The average Bonchev–Trinajstić information content (AvgIpc) is 2.72. The number of carbonyl (C=O) groups excluding carboxylic acids is 1. The number of rotatable bonds is 2. The van der Waals surface area contributed by atoms with Crippen LogP contribution >= 0.6 is 0 Å². The molecule has 0 atom stereocenters. The first kappa shape index (κ1) is 12.4. The topological polar surface area (TPSA) is 57.8 Å². The molecule has 0 aromatic carbocycles. The van der Waals surface area contributed by atoms with Gasteiger partial charge in [0.15, 0.2) is 0 Å². The smallest absolute Gasteiger partial charge is 0.255 e. The SMILES string of the molecule is Cc1n[nH]c(C)c1C(=O)NC1C2CC3CC(C2)CC1C3. The van der Waals surface area contributed by atoms with E-state index in [2.05, 4.69) is 15.5 Å². The lowest BCUT2D eigenvalue weighted by molar-refractivity contribution is -0.0119. The molecule has 4 heteroatoms. The van der Waals surface area contributed by atoms with Crippen molar-refractivity contribution in [2.75, 3.05) is 0 Å². The normalized spacial score (nSPS) is 38.2. The van der Waals surface area contributed by atoms with Gasteiger partial charge in [-0.3, -0.25) is 9.89 Å². The highest BCUT2D eigenvalue weighted by Gasteiger charge is 2.48. The van der Waals surface area contributed by atoms with Crippen molar-refractivity contribution in [3.05, 3.63) is 17.0 Å². The molecular formula is C16H23N3O. The van der Waals surface area contributed by atoms with Gasteiger partial charge in [0, 0.05) is 11.7 Å². The van der Waals surface area contributed by atoms with Crippen molar-refractivity contribution in [1.82, 2.24) is 15.5 Å². The summed E-state index contributed by atoms with van der Waals surface area (Å²) in [4.78, 5) is 12.6. The molecule has 2 N–H and O–H groups in total. The fraction of sp³-hybridized carbons (Fsp3) is 0.750. The summed E-state index contributed by atoms with van der Waals surface area (Å²) in [7, 11) is 0. The predicted molar refractivity (Wildman–Crippen MR) is 76.4 cm³/mol. The van der Waals surface area contributed by atoms with E-state index >= 15 is 0 Å². The Morgan fingerprint density at radius 1 is 1.10 bits per heavy atom. The number of hydrogen-bond donors (Lipinski definition) is 2. The molecule has 20 heavy (non-hydrogen) atoms. The van der Waals surface area contributed by atoms with E-state index in [1.165, 1.54) is 32.1 Å². The van der Waals surface area contributed by atoms with E-state index in [9.17, 15) is 4.79 Å². The molecule has 4 saturated carbocycles. The monoisotopic (exact) mass is 273 g/mol. The highest BCUT2D eigenvalue weighted by atomic mass is 16.1. The van der Waals surface area contributed by atoms with Gasteiger partial charge in [0.1, 0.15) is 0 Å². The zero-order chi connectivity index (χ0) is 13.9. The van der Waals surface area contributed by atoms with E-state index < -0.39 is 0 Å². The zero-order valence-electron chi connectivity index (χ0n) is 12.3. The number of aromatic amines is 1. The second-order valence-electron chi connectivity index (χ2n) is 7.24. The van der Waals surface area contributed by atoms with Crippen molar-refractivity contribution < 1.29 is 4.79 Å². The van der Waals surface area contributed by atoms with Gasteiger partial charge in [0.05, 0.1) is 11.3 Å². The summed E-state index contributed by atoms with van der Waals surface area (Å²) in [5, 5.41) is 10.4. The molecule has 1 aromatic heterocycles. The summed E-state index contributed by atoms with van der Waals surface area (Å²) in [5.41, 5.74) is 2.44. The minimum atomic E-state index is 0.0752. The molecule has 0 radical (unpaired) electrons. The third-order valence-corrected chi connectivity index (χ3v) is 5.88. The van der Waals surface area contributed by atoms with Crippen LogP contribution in [0.1, 0.15) is 53.8 Å². The fourth-order valence-electron chi connectivity index (χ4n) is 5.27. The summed E-state index contributed by atoms with van der Waals surface area (Å²) < 4.78 is 0. The Bertz CT molecular complexity index is 500. The Labute approximate surface area is 119 Å². The van der Waals surface area contributed by atoms with E-state index in [1.54, 1.807) is 0 Å². The van der Waals surface area contributed by atoms with Crippen LogP contribution in [0.3, 0.4) is 0 Å². The number of hydrogen-bond acceptors (Lipinski definition) is 2. The molecule has 1 aromatic rings. The zero-order valence-corrected chi connectivity index (χ0v) is 12.3. The number of carbonyl (C=O) groups is 1. The molecule has 0 unspecified atom stereocenters. The van der Waals surface area contributed by atoms with E-state index in [4.69, 9.17) is 0 Å². The maximum atomic E-state index is 12.6. The Morgan fingerprint density at radius 2 is 1.70 bits per heavy atom. The Morgan fingerprint density at radius 3 is 2.20 bits per heavy atom. The largest absolute Gasteiger partial charge is 0.349 e. The Hall–Kier alpha value is -1.32. The first-order valence-corrected chi connectivity index (χ1v) is 7.94. The van der Waals surface area contributed by atoms with Crippen LogP contribution in [-0.2, 0) is 0 Å². The molecule has 0 saturated heterocycles. The van der Waals surface area contributed by atoms with Crippen molar-refractivity contribution in [2.45, 2.75) is 52.0 Å². The van der Waals surface area contributed by atoms with E-state index in [-0.39, 0.29) is 5.91 Å². The second kappa shape index (κ2) is 4.34. The van der Waals surface area contributed by atoms with Crippen LogP contribution in [0.25, 0.3) is 0 Å². The summed E-state index contributed by atoms with van der Waals surface area (Å²) in [6.45, 7) is 3.82. The van der Waals surface area contributed by atoms with Crippen LogP contribution in [0.2, 0.25) is 0 Å². The van der Waals surface area contributed by atoms with Crippen LogP contribution in [0.5, 0.6) is 0 Å². The summed E-state index contributed by atoms with van der Waals surface area (Å²) >= 11 is 0. The molecule has 1 heterocycles. The molecule has 1 amide bonds. The number of aromatic nitrogens is 2. The summed E-state index contributed by atoms with van der Waals surface area (Å²) in [5.74, 6) is 3.42. The van der Waals surface area contributed by atoms with Gasteiger partial charge >= 0.3 is 0 Å². The van der Waals surface area contributed by atoms with Gasteiger partial charge < -0.3 is 5.32 Å². The number of aryl methyl sites for hydroxylation is 2. The first-order valence-electron chi connectivity index (χ1n) is 7.94. The maximum absolute atomic E-state index is 12.6. The molecule has 108 valence electrons. The Balaban J connectivity index is 1.53. The predicted octanol–water partition coefficient (Wildman–Crippen LogP) is 2.58. The van der Waals surface area contributed by atoms with Crippen LogP contribution in [0.4, 0.5) is 0 Å². The van der Waals surface area contributed by atoms with E-state index in [0.29, 0.717) is 6.04 Å². The quantitative estimate of drug-likeness (QED) is 0.870. The standard InChI is InChI=1S/C16H23N3O/c1-8-14(9(2)19-18-8)16(20)17-15-12-4-10-3-11(6-12)7-13(15)5-10/h10-13,15H,3-7H2,1-2H3,(H,17,20)(H,18,19). The van der Waals surface area contributed by atoms with Gasteiger partial charge in [-0.15, -0.1) is 0 Å². The minimum absolute atomic E-state index is 0.0752. The maximum Gasteiger partial charge on any atom is 0.255 e. The average molecular weight is 273 g/mol. The Kier molecular flexibility index (Phi) is 2.69. The lowest BCUT2D eigenvalue weighted by Crippen LogP contribution is -2.55. The number of amides is 1. The van der Waals surface area contributed by atoms with Crippen LogP contribution in [0, 0.1) is 37.5 Å². The lowest BCUT2D eigenvalue weighted by atomic mass is 9.54. The molecular weight excluding hydrogens is 250 g/mol. The third-order valence-electron chi connectivity index (χ3n) is 5.88. The fourth-order valence-corrected chi connectivity index (χ4v) is 5.27. The van der Waals surface area contributed by atoms with Crippen LogP contribution in [-0.4, -0.2) is 22.1 Å². The minimum Gasteiger partial charge on any atom is -0.349 e. The van der Waals surface area contributed by atoms with Gasteiger partial charge in [-0.1, -0.05) is 0 Å². The van der Waals surface area contributed by atoms with Gasteiger partial charge in [0.25, 0.3) is 5.91 Å². The lowest BCUT2D eigenvalue weighted by Gasteiger charge is -2.54. The van der Waals surface area contributed by atoms with Gasteiger partial charge in [0.2, 0.25) is 0 Å². The van der Waals surface area contributed by atoms with E-state index in [0.717, 1.165) is 40.6 Å². The first-order chi connectivity index (χ1) is 9.61. The molecule has 4 aliphatic carbocycles. The van der Waals surface area contributed by atoms with Crippen LogP contribution in [0.15, 0.2) is 0 Å².